The number of carbonyl (C=O) groups excluding carboxylic acids is 1. The third kappa shape index (κ3) is 3.23. The fourth-order valence-electron chi connectivity index (χ4n) is 2.33. The Kier molecular flexibility index (Phi) is 4.51. The van der Waals surface area contributed by atoms with Crippen molar-refractivity contribution < 1.29 is 14.7 Å². The lowest BCUT2D eigenvalue weighted by molar-refractivity contribution is -0.141. The maximum atomic E-state index is 12.4. The molecule has 1 aromatic carbocycles. The molecule has 0 amide bonds. The third-order valence-electron chi connectivity index (χ3n) is 3.65. The Labute approximate surface area is 118 Å². The van der Waals surface area contributed by atoms with Crippen molar-refractivity contribution >= 4 is 11.8 Å². The Balaban J connectivity index is 2.02. The third-order valence-corrected chi connectivity index (χ3v) is 3.65. The van der Waals surface area contributed by atoms with Crippen LogP contribution < -0.4 is 0 Å². The minimum atomic E-state index is -0.785. The van der Waals surface area contributed by atoms with E-state index in [1.807, 2.05) is 36.4 Å². The van der Waals surface area contributed by atoms with E-state index in [9.17, 15) is 9.59 Å². The fourth-order valence-corrected chi connectivity index (χ4v) is 2.33. The fraction of sp³-hybridized carbons (Fsp3) is 0.294. The topological polar surface area (TPSA) is 54.4 Å². The zero-order chi connectivity index (χ0) is 14.5. The second-order valence-corrected chi connectivity index (χ2v) is 5.13. The van der Waals surface area contributed by atoms with Crippen LogP contribution in [0.3, 0.4) is 0 Å². The summed E-state index contributed by atoms with van der Waals surface area (Å²) in [6.07, 6.45) is 6.96. The zero-order valence-electron chi connectivity index (χ0n) is 11.5. The average molecular weight is 270 g/mol. The first-order valence-corrected chi connectivity index (χ1v) is 6.80. The zero-order valence-corrected chi connectivity index (χ0v) is 11.5. The minimum absolute atomic E-state index is 0.0311. The summed E-state index contributed by atoms with van der Waals surface area (Å²) in [6, 6.07) is 9.18. The van der Waals surface area contributed by atoms with Crippen molar-refractivity contribution in [2.45, 2.75) is 19.8 Å². The lowest BCUT2D eigenvalue weighted by atomic mass is 9.89. The number of hydrogen-bond donors (Lipinski definition) is 1. The van der Waals surface area contributed by atoms with Crippen molar-refractivity contribution in [3.05, 3.63) is 59.7 Å². The van der Waals surface area contributed by atoms with Crippen LogP contribution in [0.1, 0.15) is 30.1 Å². The summed E-state index contributed by atoms with van der Waals surface area (Å²) in [5, 5.41) is 8.91. The molecule has 0 fully saturated rings. The lowest BCUT2D eigenvalue weighted by Gasteiger charge is -2.14. The van der Waals surface area contributed by atoms with Crippen molar-refractivity contribution in [1.29, 1.82) is 0 Å². The molecule has 0 saturated carbocycles. The number of carboxylic acids is 1. The standard InChI is InChI=1S/C17H18O3/c1-12(17(19)20)10-11-13-8-5-9-15(13)16(18)14-6-3-2-4-7-14/h2-9,12-13H,10-11H2,1H3,(H,19,20). The summed E-state index contributed by atoms with van der Waals surface area (Å²) in [4.78, 5) is 23.3. The maximum absolute atomic E-state index is 12.4. The van der Waals surface area contributed by atoms with Gasteiger partial charge in [0, 0.05) is 17.1 Å². The van der Waals surface area contributed by atoms with Gasteiger partial charge in [0.05, 0.1) is 5.92 Å². The molecule has 0 spiro atoms. The van der Waals surface area contributed by atoms with Crippen molar-refractivity contribution in [3.63, 3.8) is 0 Å². The molecule has 0 aliphatic heterocycles. The van der Waals surface area contributed by atoms with Gasteiger partial charge in [-0.2, -0.15) is 0 Å². The van der Waals surface area contributed by atoms with Gasteiger partial charge in [-0.3, -0.25) is 9.59 Å². The smallest absolute Gasteiger partial charge is 0.306 e. The summed E-state index contributed by atoms with van der Waals surface area (Å²) in [5.41, 5.74) is 1.44. The SMILES string of the molecule is CC(CCC1C=CC=C1C(=O)c1ccccc1)C(=O)O. The molecule has 0 radical (unpaired) electrons. The highest BCUT2D eigenvalue weighted by Crippen LogP contribution is 2.28. The van der Waals surface area contributed by atoms with Crippen molar-refractivity contribution in [2.24, 2.45) is 11.8 Å². The van der Waals surface area contributed by atoms with Gasteiger partial charge < -0.3 is 5.11 Å². The Morgan fingerprint density at radius 1 is 1.25 bits per heavy atom. The van der Waals surface area contributed by atoms with E-state index in [1.165, 1.54) is 0 Å². The molecule has 0 bridgehead atoms. The van der Waals surface area contributed by atoms with E-state index in [2.05, 4.69) is 0 Å². The van der Waals surface area contributed by atoms with E-state index < -0.39 is 5.97 Å². The summed E-state index contributed by atoms with van der Waals surface area (Å²) < 4.78 is 0. The van der Waals surface area contributed by atoms with Crippen molar-refractivity contribution in [2.75, 3.05) is 0 Å². The van der Waals surface area contributed by atoms with Gasteiger partial charge in [0.1, 0.15) is 0 Å². The van der Waals surface area contributed by atoms with E-state index in [-0.39, 0.29) is 17.6 Å². The molecular weight excluding hydrogens is 252 g/mol. The highest BCUT2D eigenvalue weighted by Gasteiger charge is 2.23. The Hall–Kier alpha value is -2.16. The van der Waals surface area contributed by atoms with Gasteiger partial charge in [-0.15, -0.1) is 0 Å². The summed E-state index contributed by atoms with van der Waals surface area (Å²) >= 11 is 0. The molecule has 1 aliphatic carbocycles. The molecule has 0 saturated heterocycles. The van der Waals surface area contributed by atoms with Gasteiger partial charge in [-0.25, -0.2) is 0 Å². The summed E-state index contributed by atoms with van der Waals surface area (Å²) in [7, 11) is 0. The predicted octanol–water partition coefficient (Wildman–Crippen LogP) is 3.48. The monoisotopic (exact) mass is 270 g/mol. The van der Waals surface area contributed by atoms with E-state index >= 15 is 0 Å². The molecule has 2 unspecified atom stereocenters. The first kappa shape index (κ1) is 14.3. The van der Waals surface area contributed by atoms with Crippen LogP contribution in [0.15, 0.2) is 54.1 Å². The van der Waals surface area contributed by atoms with Crippen LogP contribution in [0.2, 0.25) is 0 Å². The number of carboxylic acid groups (broad SMARTS) is 1. The second kappa shape index (κ2) is 6.33. The number of carbonyl (C=O) groups is 2. The van der Waals surface area contributed by atoms with Crippen LogP contribution in [0, 0.1) is 11.8 Å². The molecule has 0 heterocycles. The average Bonchev–Trinajstić information content (AvgIpc) is 2.93. The Bertz CT molecular complexity index is 555. The van der Waals surface area contributed by atoms with E-state index in [4.69, 9.17) is 5.11 Å². The highest BCUT2D eigenvalue weighted by molar-refractivity contribution is 6.09. The molecular formula is C17H18O3. The Morgan fingerprint density at radius 2 is 1.95 bits per heavy atom. The minimum Gasteiger partial charge on any atom is -0.481 e. The van der Waals surface area contributed by atoms with Crippen LogP contribution >= 0.6 is 0 Å². The molecule has 1 aromatic rings. The van der Waals surface area contributed by atoms with Crippen molar-refractivity contribution in [1.82, 2.24) is 0 Å². The van der Waals surface area contributed by atoms with Crippen LogP contribution in [-0.4, -0.2) is 16.9 Å². The van der Waals surface area contributed by atoms with Crippen LogP contribution in [0.25, 0.3) is 0 Å². The van der Waals surface area contributed by atoms with E-state index in [1.54, 1.807) is 19.1 Å². The molecule has 104 valence electrons. The molecule has 0 aromatic heterocycles. The molecule has 3 nitrogen and oxygen atoms in total. The molecule has 2 rings (SSSR count). The molecule has 1 N–H and O–H groups in total. The normalized spacial score (nSPS) is 18.6. The number of rotatable bonds is 6. The van der Waals surface area contributed by atoms with Gasteiger partial charge in [0.25, 0.3) is 0 Å². The van der Waals surface area contributed by atoms with Crippen LogP contribution in [-0.2, 0) is 4.79 Å². The Morgan fingerprint density at radius 3 is 2.60 bits per heavy atom. The largest absolute Gasteiger partial charge is 0.481 e. The van der Waals surface area contributed by atoms with Gasteiger partial charge in [-0.05, 0) is 12.8 Å². The number of allylic oxidation sites excluding steroid dienone is 4. The number of benzene rings is 1. The molecule has 20 heavy (non-hydrogen) atoms. The van der Waals surface area contributed by atoms with Gasteiger partial charge in [-0.1, -0.05) is 55.5 Å². The predicted molar refractivity (Wildman–Crippen MR) is 77.5 cm³/mol. The number of hydrogen-bond acceptors (Lipinski definition) is 2. The highest BCUT2D eigenvalue weighted by atomic mass is 16.4. The van der Waals surface area contributed by atoms with Gasteiger partial charge >= 0.3 is 5.97 Å². The number of Topliss-reactive ketones (excluding diaryl/α,β-unsaturated/α-hetero) is 1. The van der Waals surface area contributed by atoms with Crippen LogP contribution in [0.5, 0.6) is 0 Å². The van der Waals surface area contributed by atoms with Crippen LogP contribution in [0.4, 0.5) is 0 Å². The first-order chi connectivity index (χ1) is 9.59. The number of aliphatic carboxylic acids is 1. The second-order valence-electron chi connectivity index (χ2n) is 5.13. The lowest BCUT2D eigenvalue weighted by Crippen LogP contribution is -2.14. The van der Waals surface area contributed by atoms with Gasteiger partial charge in [0.15, 0.2) is 5.78 Å². The summed E-state index contributed by atoms with van der Waals surface area (Å²) in [6.45, 7) is 1.70. The first-order valence-electron chi connectivity index (χ1n) is 6.80. The van der Waals surface area contributed by atoms with E-state index in [0.29, 0.717) is 18.4 Å². The number of ketones is 1. The maximum Gasteiger partial charge on any atom is 0.306 e. The summed E-state index contributed by atoms with van der Waals surface area (Å²) in [5.74, 6) is -1.10. The van der Waals surface area contributed by atoms with Crippen molar-refractivity contribution in [3.8, 4) is 0 Å². The quantitative estimate of drug-likeness (QED) is 0.805. The molecule has 2 atom stereocenters. The molecule has 3 heteroatoms. The molecule has 1 aliphatic rings. The van der Waals surface area contributed by atoms with E-state index in [0.717, 1.165) is 5.57 Å². The van der Waals surface area contributed by atoms with Gasteiger partial charge in [0.2, 0.25) is 0 Å².